The monoisotopic (exact) mass is 414 g/mol. The predicted octanol–water partition coefficient (Wildman–Crippen LogP) is 4.17. The van der Waals surface area contributed by atoms with Gasteiger partial charge in [-0.3, -0.25) is 4.79 Å². The fourth-order valence-corrected chi connectivity index (χ4v) is 4.30. The lowest BCUT2D eigenvalue weighted by Gasteiger charge is -2.21. The summed E-state index contributed by atoms with van der Waals surface area (Å²) in [7, 11) is -3.79. The van der Waals surface area contributed by atoms with Crippen LogP contribution in [0.2, 0.25) is 0 Å². The molecule has 0 bridgehead atoms. The Kier molecular flexibility index (Phi) is 7.20. The van der Waals surface area contributed by atoms with Crippen molar-refractivity contribution in [2.24, 2.45) is 0 Å². The number of benzene rings is 2. The molecule has 0 aliphatic rings. The van der Waals surface area contributed by atoms with Crippen LogP contribution in [0.1, 0.15) is 37.0 Å². The molecule has 2 rings (SSSR count). The van der Waals surface area contributed by atoms with Crippen molar-refractivity contribution in [2.45, 2.75) is 31.6 Å². The van der Waals surface area contributed by atoms with E-state index in [0.717, 1.165) is 0 Å². The minimum atomic E-state index is -3.79. The van der Waals surface area contributed by atoms with Gasteiger partial charge in [0.15, 0.2) is 17.5 Å². The first-order chi connectivity index (χ1) is 13.2. The molecule has 0 spiro atoms. The third-order valence-corrected chi connectivity index (χ3v) is 5.82. The van der Waals surface area contributed by atoms with Crippen LogP contribution in [0.25, 0.3) is 0 Å². The van der Waals surface area contributed by atoms with Gasteiger partial charge in [-0.05, 0) is 31.0 Å². The molecule has 2 aromatic carbocycles. The molecule has 152 valence electrons. The number of hydrogen-bond donors (Lipinski definition) is 1. The zero-order chi connectivity index (χ0) is 20.9. The molecule has 0 aromatic heterocycles. The molecule has 0 fully saturated rings. The summed E-state index contributed by atoms with van der Waals surface area (Å²) >= 11 is 0. The molecule has 9 heteroatoms. The zero-order valence-electron chi connectivity index (χ0n) is 15.5. The standard InChI is InChI=1S/C19H21F3N2O3S/c1-3-8-24(9-4-2)28(26,27)15-7-5-6-13(10-15)19(25)23-14-11-16(20)18(22)17(21)12-14/h5-7,10-12H,3-4,8-9H2,1-2H3,(H,23,25). The van der Waals surface area contributed by atoms with Crippen LogP contribution in [-0.2, 0) is 10.0 Å². The van der Waals surface area contributed by atoms with Gasteiger partial charge in [0.05, 0.1) is 4.90 Å². The second-order valence-electron chi connectivity index (χ2n) is 6.14. The maximum atomic E-state index is 13.3. The van der Waals surface area contributed by atoms with Gasteiger partial charge in [-0.1, -0.05) is 19.9 Å². The summed E-state index contributed by atoms with van der Waals surface area (Å²) in [6.45, 7) is 4.42. The topological polar surface area (TPSA) is 66.5 Å². The number of carbonyl (C=O) groups excluding carboxylic acids is 1. The quantitative estimate of drug-likeness (QED) is 0.660. The number of sulfonamides is 1. The lowest BCUT2D eigenvalue weighted by Crippen LogP contribution is -2.32. The van der Waals surface area contributed by atoms with Gasteiger partial charge < -0.3 is 5.32 Å². The highest BCUT2D eigenvalue weighted by Crippen LogP contribution is 2.21. The van der Waals surface area contributed by atoms with Crippen molar-refractivity contribution < 1.29 is 26.4 Å². The SMILES string of the molecule is CCCN(CCC)S(=O)(=O)c1cccc(C(=O)Nc2cc(F)c(F)c(F)c2)c1. The van der Waals surface area contributed by atoms with Crippen molar-refractivity contribution in [2.75, 3.05) is 18.4 Å². The second kappa shape index (κ2) is 9.20. The summed E-state index contributed by atoms with van der Waals surface area (Å²) in [6.07, 6.45) is 1.28. The van der Waals surface area contributed by atoms with Gasteiger partial charge in [0, 0.05) is 36.5 Å². The van der Waals surface area contributed by atoms with Crippen molar-refractivity contribution in [3.05, 3.63) is 59.4 Å². The van der Waals surface area contributed by atoms with Gasteiger partial charge in [0.2, 0.25) is 10.0 Å². The number of carbonyl (C=O) groups is 1. The highest BCUT2D eigenvalue weighted by molar-refractivity contribution is 7.89. The summed E-state index contributed by atoms with van der Waals surface area (Å²) in [4.78, 5) is 12.3. The van der Waals surface area contributed by atoms with Crippen LogP contribution in [-0.4, -0.2) is 31.7 Å². The molecule has 0 aliphatic carbocycles. The van der Waals surface area contributed by atoms with Crippen molar-refractivity contribution in [1.29, 1.82) is 0 Å². The van der Waals surface area contributed by atoms with E-state index in [2.05, 4.69) is 5.32 Å². The molecule has 1 N–H and O–H groups in total. The van der Waals surface area contributed by atoms with Crippen LogP contribution in [0.5, 0.6) is 0 Å². The van der Waals surface area contributed by atoms with Gasteiger partial charge in [0.25, 0.3) is 5.91 Å². The first kappa shape index (κ1) is 21.9. The van der Waals surface area contributed by atoms with Crippen LogP contribution >= 0.6 is 0 Å². The molecule has 0 atom stereocenters. The van der Waals surface area contributed by atoms with Crippen LogP contribution < -0.4 is 5.32 Å². The summed E-state index contributed by atoms with van der Waals surface area (Å²) in [5.41, 5.74) is -0.299. The molecule has 0 radical (unpaired) electrons. The highest BCUT2D eigenvalue weighted by Gasteiger charge is 2.24. The van der Waals surface area contributed by atoms with E-state index in [4.69, 9.17) is 0 Å². The minimum absolute atomic E-state index is 0.0147. The Bertz CT molecular complexity index is 936. The Balaban J connectivity index is 2.30. The summed E-state index contributed by atoms with van der Waals surface area (Å²) in [5, 5.41) is 2.23. The molecule has 0 aliphatic heterocycles. The van der Waals surface area contributed by atoms with E-state index in [-0.39, 0.29) is 16.1 Å². The van der Waals surface area contributed by atoms with E-state index >= 15 is 0 Å². The highest BCUT2D eigenvalue weighted by atomic mass is 32.2. The fraction of sp³-hybridized carbons (Fsp3) is 0.316. The van der Waals surface area contributed by atoms with E-state index in [9.17, 15) is 26.4 Å². The van der Waals surface area contributed by atoms with E-state index in [1.54, 1.807) is 0 Å². The number of nitrogens with one attached hydrogen (secondary N) is 1. The first-order valence-electron chi connectivity index (χ1n) is 8.76. The molecule has 0 heterocycles. The van der Waals surface area contributed by atoms with Gasteiger partial charge in [-0.15, -0.1) is 0 Å². The van der Waals surface area contributed by atoms with Crippen molar-refractivity contribution >= 4 is 21.6 Å². The van der Waals surface area contributed by atoms with Crippen molar-refractivity contribution in [1.82, 2.24) is 4.31 Å². The maximum absolute atomic E-state index is 13.3. The number of rotatable bonds is 8. The van der Waals surface area contributed by atoms with Crippen LogP contribution in [0, 0.1) is 17.5 Å². The van der Waals surface area contributed by atoms with Crippen LogP contribution in [0.15, 0.2) is 41.3 Å². The van der Waals surface area contributed by atoms with Gasteiger partial charge in [-0.2, -0.15) is 4.31 Å². The third-order valence-electron chi connectivity index (χ3n) is 3.92. The zero-order valence-corrected chi connectivity index (χ0v) is 16.3. The van der Waals surface area contributed by atoms with E-state index in [1.165, 1.54) is 28.6 Å². The molecule has 0 saturated carbocycles. The molecule has 28 heavy (non-hydrogen) atoms. The predicted molar refractivity (Wildman–Crippen MR) is 100 cm³/mol. The van der Waals surface area contributed by atoms with E-state index in [1.807, 2.05) is 13.8 Å². The number of hydrogen-bond acceptors (Lipinski definition) is 3. The Hall–Kier alpha value is -2.39. The average Bonchev–Trinajstić information content (AvgIpc) is 2.66. The molecule has 2 aromatic rings. The molecule has 1 amide bonds. The number of nitrogens with zero attached hydrogens (tertiary/aromatic N) is 1. The number of halogens is 3. The van der Waals surface area contributed by atoms with Crippen LogP contribution in [0.3, 0.4) is 0 Å². The average molecular weight is 414 g/mol. The molecule has 0 saturated heterocycles. The smallest absolute Gasteiger partial charge is 0.255 e. The molecular weight excluding hydrogens is 393 g/mol. The van der Waals surface area contributed by atoms with Gasteiger partial charge >= 0.3 is 0 Å². The lowest BCUT2D eigenvalue weighted by atomic mass is 10.2. The third kappa shape index (κ3) is 4.90. The normalized spacial score (nSPS) is 11.6. The summed E-state index contributed by atoms with van der Waals surface area (Å²) in [6, 6.07) is 6.63. The Morgan fingerprint density at radius 2 is 1.57 bits per heavy atom. The molecule has 5 nitrogen and oxygen atoms in total. The number of amides is 1. The van der Waals surface area contributed by atoms with E-state index in [0.29, 0.717) is 38.1 Å². The second-order valence-corrected chi connectivity index (χ2v) is 8.08. The number of anilines is 1. The largest absolute Gasteiger partial charge is 0.322 e. The molecular formula is C19H21F3N2O3S. The summed E-state index contributed by atoms with van der Waals surface area (Å²) < 4.78 is 66.6. The minimum Gasteiger partial charge on any atom is -0.322 e. The summed E-state index contributed by atoms with van der Waals surface area (Å²) in [5.74, 6) is -5.30. The van der Waals surface area contributed by atoms with Crippen molar-refractivity contribution in [3.63, 3.8) is 0 Å². The Morgan fingerprint density at radius 1 is 1.00 bits per heavy atom. The van der Waals surface area contributed by atoms with Crippen LogP contribution in [0.4, 0.5) is 18.9 Å². The fourth-order valence-electron chi connectivity index (χ4n) is 2.63. The molecule has 0 unspecified atom stereocenters. The van der Waals surface area contributed by atoms with E-state index < -0.39 is 33.4 Å². The lowest BCUT2D eigenvalue weighted by molar-refractivity contribution is 0.102. The Labute approximate surface area is 162 Å². The van der Waals surface area contributed by atoms with Crippen molar-refractivity contribution in [3.8, 4) is 0 Å². The van der Waals surface area contributed by atoms with Gasteiger partial charge in [-0.25, -0.2) is 21.6 Å². The van der Waals surface area contributed by atoms with Gasteiger partial charge in [0.1, 0.15) is 0 Å². The Morgan fingerprint density at radius 3 is 2.11 bits per heavy atom. The maximum Gasteiger partial charge on any atom is 0.255 e. The first-order valence-corrected chi connectivity index (χ1v) is 10.2.